The zero-order chi connectivity index (χ0) is 24.8. The summed E-state index contributed by atoms with van der Waals surface area (Å²) in [5.41, 5.74) is 0.990. The van der Waals surface area contributed by atoms with Crippen molar-refractivity contribution in [1.82, 2.24) is 20.9 Å². The van der Waals surface area contributed by atoms with E-state index >= 15 is 0 Å². The van der Waals surface area contributed by atoms with Crippen LogP contribution in [-0.4, -0.2) is 65.9 Å². The maximum atomic E-state index is 13.1. The van der Waals surface area contributed by atoms with E-state index < -0.39 is 42.2 Å². The summed E-state index contributed by atoms with van der Waals surface area (Å²) in [7, 11) is 1.55. The molecule has 1 unspecified atom stereocenters. The molecule has 1 saturated heterocycles. The Morgan fingerprint density at radius 1 is 1.21 bits per heavy atom. The summed E-state index contributed by atoms with van der Waals surface area (Å²) >= 11 is 0. The highest BCUT2D eigenvalue weighted by atomic mass is 16.5. The van der Waals surface area contributed by atoms with Crippen LogP contribution < -0.4 is 20.7 Å². The number of Topliss-reactive ketones (excluding diaryl/α,β-unsaturated/α-hetero) is 1. The van der Waals surface area contributed by atoms with Gasteiger partial charge in [0.1, 0.15) is 24.1 Å². The number of rotatable bonds is 11. The number of nitrogens with one attached hydrogen (secondary N) is 4. The number of aliphatic hydroxyl groups is 1. The van der Waals surface area contributed by atoms with E-state index in [1.54, 1.807) is 25.3 Å². The molecule has 3 rings (SSSR count). The fourth-order valence-corrected chi connectivity index (χ4v) is 4.17. The van der Waals surface area contributed by atoms with E-state index in [-0.39, 0.29) is 23.9 Å². The second kappa shape index (κ2) is 11.1. The first-order valence-electron chi connectivity index (χ1n) is 11.4. The smallest absolute Gasteiger partial charge is 0.268 e. The number of aromatic nitrogens is 1. The van der Waals surface area contributed by atoms with Crippen molar-refractivity contribution in [3.05, 3.63) is 30.0 Å². The number of ketones is 1. The molecule has 1 aromatic carbocycles. The Balaban J connectivity index is 1.75. The molecule has 1 aliphatic heterocycles. The molecule has 3 amide bonds. The van der Waals surface area contributed by atoms with Crippen LogP contribution in [0, 0.1) is 11.8 Å². The Morgan fingerprint density at radius 2 is 1.97 bits per heavy atom. The summed E-state index contributed by atoms with van der Waals surface area (Å²) in [5, 5.41) is 18.2. The summed E-state index contributed by atoms with van der Waals surface area (Å²) in [4.78, 5) is 53.4. The maximum Gasteiger partial charge on any atom is 0.268 e. The zero-order valence-electron chi connectivity index (χ0n) is 19.6. The summed E-state index contributed by atoms with van der Waals surface area (Å²) in [6, 6.07) is 5.14. The number of benzene rings is 1. The van der Waals surface area contributed by atoms with E-state index in [0.717, 1.165) is 10.9 Å². The molecule has 3 atom stereocenters. The molecule has 184 valence electrons. The number of aliphatic hydroxyl groups excluding tert-OH is 1. The number of ether oxygens (including phenoxy) is 1. The molecule has 10 heteroatoms. The van der Waals surface area contributed by atoms with Crippen LogP contribution in [0.2, 0.25) is 0 Å². The Labute approximate surface area is 197 Å². The first kappa shape index (κ1) is 25.2. The van der Waals surface area contributed by atoms with Gasteiger partial charge in [-0.3, -0.25) is 19.2 Å². The number of hydrogen-bond donors (Lipinski definition) is 5. The highest BCUT2D eigenvalue weighted by Crippen LogP contribution is 2.26. The predicted molar refractivity (Wildman–Crippen MR) is 125 cm³/mol. The highest BCUT2D eigenvalue weighted by molar-refractivity contribution is 6.02. The number of H-pyrrole nitrogens is 1. The van der Waals surface area contributed by atoms with Gasteiger partial charge in [-0.2, -0.15) is 0 Å². The van der Waals surface area contributed by atoms with Crippen LogP contribution in [0.1, 0.15) is 43.6 Å². The van der Waals surface area contributed by atoms with Gasteiger partial charge < -0.3 is 30.8 Å². The number of amides is 3. The first-order valence-corrected chi connectivity index (χ1v) is 11.4. The fourth-order valence-electron chi connectivity index (χ4n) is 4.17. The molecule has 2 aromatic rings. The van der Waals surface area contributed by atoms with Crippen LogP contribution in [0.15, 0.2) is 24.3 Å². The molecule has 10 nitrogen and oxygen atoms in total. The van der Waals surface area contributed by atoms with E-state index in [1.165, 1.54) is 0 Å². The Morgan fingerprint density at radius 3 is 2.59 bits per heavy atom. The molecule has 1 aliphatic rings. The van der Waals surface area contributed by atoms with E-state index in [4.69, 9.17) is 4.74 Å². The molecule has 1 fully saturated rings. The number of carbonyl (C=O) groups excluding carboxylic acids is 4. The minimum absolute atomic E-state index is 0.0754. The van der Waals surface area contributed by atoms with Crippen LogP contribution in [0.3, 0.4) is 0 Å². The highest BCUT2D eigenvalue weighted by Gasteiger charge is 2.33. The lowest BCUT2D eigenvalue weighted by Gasteiger charge is -2.24. The molecule has 5 N–H and O–H groups in total. The normalized spacial score (nSPS) is 17.3. The van der Waals surface area contributed by atoms with Crippen molar-refractivity contribution >= 4 is 34.4 Å². The van der Waals surface area contributed by atoms with Gasteiger partial charge in [0.05, 0.1) is 13.2 Å². The fraction of sp³-hybridized carbons (Fsp3) is 0.500. The van der Waals surface area contributed by atoms with Crippen molar-refractivity contribution in [2.45, 2.75) is 45.2 Å². The molecule has 0 spiro atoms. The summed E-state index contributed by atoms with van der Waals surface area (Å²) in [6.45, 7) is 3.59. The lowest BCUT2D eigenvalue weighted by molar-refractivity contribution is -0.131. The lowest BCUT2D eigenvalue weighted by Crippen LogP contribution is -2.53. The molecule has 0 radical (unpaired) electrons. The maximum absolute atomic E-state index is 13.1. The minimum atomic E-state index is -1.02. The van der Waals surface area contributed by atoms with Gasteiger partial charge in [-0.25, -0.2) is 0 Å². The quantitative estimate of drug-likeness (QED) is 0.328. The first-order chi connectivity index (χ1) is 16.2. The molecule has 0 aliphatic carbocycles. The van der Waals surface area contributed by atoms with Crippen LogP contribution in [0.5, 0.6) is 5.75 Å². The van der Waals surface area contributed by atoms with Crippen LogP contribution in [0.25, 0.3) is 10.9 Å². The molecule has 0 saturated carbocycles. The molecular formula is C24H32N4O6. The van der Waals surface area contributed by atoms with Gasteiger partial charge in [-0.15, -0.1) is 0 Å². The number of aromatic amines is 1. The van der Waals surface area contributed by atoms with Crippen molar-refractivity contribution in [1.29, 1.82) is 0 Å². The van der Waals surface area contributed by atoms with Crippen molar-refractivity contribution in [2.75, 3.05) is 20.3 Å². The second-order valence-electron chi connectivity index (χ2n) is 8.96. The average Bonchev–Trinajstić information content (AvgIpc) is 3.43. The molecular weight excluding hydrogens is 440 g/mol. The van der Waals surface area contributed by atoms with Crippen molar-refractivity contribution in [3.63, 3.8) is 0 Å². The van der Waals surface area contributed by atoms with Crippen LogP contribution >= 0.6 is 0 Å². The largest absolute Gasteiger partial charge is 0.496 e. The van der Waals surface area contributed by atoms with Gasteiger partial charge in [0.25, 0.3) is 5.91 Å². The van der Waals surface area contributed by atoms with Crippen LogP contribution in [-0.2, 0) is 14.4 Å². The van der Waals surface area contributed by atoms with Gasteiger partial charge in [-0.05, 0) is 43.4 Å². The van der Waals surface area contributed by atoms with Crippen LogP contribution in [0.4, 0.5) is 0 Å². The number of hydrogen-bond acceptors (Lipinski definition) is 6. The Bertz CT molecular complexity index is 1060. The molecule has 1 aromatic heterocycles. The van der Waals surface area contributed by atoms with Crippen molar-refractivity contribution in [3.8, 4) is 5.75 Å². The molecule has 34 heavy (non-hydrogen) atoms. The van der Waals surface area contributed by atoms with Crippen molar-refractivity contribution in [2.24, 2.45) is 11.8 Å². The van der Waals surface area contributed by atoms with Gasteiger partial charge in [0.15, 0.2) is 5.78 Å². The van der Waals surface area contributed by atoms with E-state index in [2.05, 4.69) is 20.9 Å². The average molecular weight is 473 g/mol. The predicted octanol–water partition coefficient (Wildman–Crippen LogP) is 0.893. The summed E-state index contributed by atoms with van der Waals surface area (Å²) < 4.78 is 5.33. The lowest BCUT2D eigenvalue weighted by atomic mass is 9.95. The van der Waals surface area contributed by atoms with Gasteiger partial charge in [0, 0.05) is 23.4 Å². The van der Waals surface area contributed by atoms with E-state index in [1.807, 2.05) is 19.9 Å². The monoisotopic (exact) mass is 472 g/mol. The van der Waals surface area contributed by atoms with Gasteiger partial charge in [-0.1, -0.05) is 19.9 Å². The third-order valence-electron chi connectivity index (χ3n) is 5.96. The van der Waals surface area contributed by atoms with Gasteiger partial charge >= 0.3 is 0 Å². The van der Waals surface area contributed by atoms with Gasteiger partial charge in [0.2, 0.25) is 11.8 Å². The van der Waals surface area contributed by atoms with Crippen molar-refractivity contribution < 1.29 is 29.0 Å². The molecule has 2 heterocycles. The number of fused-ring (bicyclic) bond motifs is 1. The number of methoxy groups -OCH3 is 1. The second-order valence-corrected chi connectivity index (χ2v) is 8.96. The number of carbonyl (C=O) groups is 4. The Kier molecular flexibility index (Phi) is 8.27. The van der Waals surface area contributed by atoms with E-state index in [9.17, 15) is 24.3 Å². The summed E-state index contributed by atoms with van der Waals surface area (Å²) in [5.74, 6) is -1.49. The minimum Gasteiger partial charge on any atom is -0.496 e. The standard InChI is InChI=1S/C24H32N4O6/c1-13(2)9-18(23(32)27-17(20(30)12-29)10-14-7-8-25-22(14)31)28-24(33)19-11-15-16(26-19)5-4-6-21(15)34-3/h4-6,11,13-14,17-18,26,29H,7-10,12H2,1-3H3,(H,25,31)(H,27,32)(H,28,33)/t14?,17-,18-/m0/s1. The SMILES string of the molecule is COc1cccc2[nH]c(C(=O)N[C@@H](CC(C)C)C(=O)N[C@@H](CC3CCNC3=O)C(=O)CO)cc12. The summed E-state index contributed by atoms with van der Waals surface area (Å²) in [6.07, 6.45) is 0.992. The third kappa shape index (κ3) is 5.93. The topological polar surface area (TPSA) is 150 Å². The molecule has 0 bridgehead atoms. The zero-order valence-corrected chi connectivity index (χ0v) is 19.6. The Hall–Kier alpha value is -3.40. The third-order valence-corrected chi connectivity index (χ3v) is 5.96. The van der Waals surface area contributed by atoms with E-state index in [0.29, 0.717) is 25.1 Å².